The van der Waals surface area contributed by atoms with Crippen LogP contribution in [0.25, 0.3) is 28.2 Å². The van der Waals surface area contributed by atoms with Crippen LogP contribution >= 0.6 is 11.6 Å². The van der Waals surface area contributed by atoms with Crippen molar-refractivity contribution in [2.24, 2.45) is 14.1 Å². The Labute approximate surface area is 134 Å². The highest BCUT2D eigenvalue weighted by Gasteiger charge is 2.17. The normalized spacial score (nSPS) is 11.6. The summed E-state index contributed by atoms with van der Waals surface area (Å²) in [6.07, 6.45) is 1.79. The van der Waals surface area contributed by atoms with Gasteiger partial charge in [0, 0.05) is 25.3 Å². The van der Waals surface area contributed by atoms with Crippen LogP contribution in [0.1, 0.15) is 0 Å². The van der Waals surface area contributed by atoms with E-state index in [1.807, 2.05) is 12.1 Å². The van der Waals surface area contributed by atoms with Crippen molar-refractivity contribution in [3.05, 3.63) is 56.3 Å². The smallest absolute Gasteiger partial charge is 0.323 e. The minimum atomic E-state index is -0.402. The molecular weight excluding hydrogens is 318 g/mol. The van der Waals surface area contributed by atoms with Gasteiger partial charge in [-0.2, -0.15) is 4.98 Å². The molecule has 0 aliphatic carbocycles. The second kappa shape index (κ2) is 4.60. The predicted molar refractivity (Wildman–Crippen MR) is 88.0 cm³/mol. The number of imidazole rings is 2. The zero-order chi connectivity index (χ0) is 16.3. The first-order chi connectivity index (χ1) is 11.0. The molecule has 0 saturated carbocycles. The number of rotatable bonds is 1. The van der Waals surface area contributed by atoms with Crippen molar-refractivity contribution in [2.75, 3.05) is 0 Å². The van der Waals surface area contributed by atoms with E-state index in [-0.39, 0.29) is 5.56 Å². The summed E-state index contributed by atoms with van der Waals surface area (Å²) in [5.74, 6) is 0.503. The molecule has 8 heteroatoms. The Balaban J connectivity index is 2.06. The SMILES string of the molecule is Cn1c(=O)c2c(nc3[nH]c(-c4ccc(Cl)cc4)cn32)n(C)c1=O. The number of hydrogen-bond donors (Lipinski definition) is 1. The first kappa shape index (κ1) is 13.8. The molecule has 0 radical (unpaired) electrons. The molecule has 0 bridgehead atoms. The summed E-state index contributed by atoms with van der Waals surface area (Å²) >= 11 is 5.90. The van der Waals surface area contributed by atoms with Crippen LogP contribution in [0.3, 0.4) is 0 Å². The Morgan fingerprint density at radius 3 is 2.48 bits per heavy atom. The molecule has 3 aromatic heterocycles. The van der Waals surface area contributed by atoms with Crippen molar-refractivity contribution in [1.29, 1.82) is 0 Å². The number of hydrogen-bond acceptors (Lipinski definition) is 3. The molecule has 0 saturated heterocycles. The third-order valence-corrected chi connectivity index (χ3v) is 4.20. The summed E-state index contributed by atoms with van der Waals surface area (Å²) in [7, 11) is 3.05. The van der Waals surface area contributed by atoms with Crippen molar-refractivity contribution in [2.45, 2.75) is 0 Å². The van der Waals surface area contributed by atoms with E-state index in [1.165, 1.54) is 11.6 Å². The summed E-state index contributed by atoms with van der Waals surface area (Å²) in [5, 5.41) is 0.652. The van der Waals surface area contributed by atoms with E-state index in [9.17, 15) is 9.59 Å². The summed E-state index contributed by atoms with van der Waals surface area (Å²) in [4.78, 5) is 31.9. The third kappa shape index (κ3) is 1.86. The lowest BCUT2D eigenvalue weighted by atomic mass is 10.2. The number of nitrogens with one attached hydrogen (secondary N) is 1. The zero-order valence-electron chi connectivity index (χ0n) is 12.4. The van der Waals surface area contributed by atoms with Crippen molar-refractivity contribution < 1.29 is 0 Å². The van der Waals surface area contributed by atoms with Crippen LogP contribution in [-0.2, 0) is 14.1 Å². The average molecular weight is 330 g/mol. The van der Waals surface area contributed by atoms with Crippen molar-refractivity contribution >= 4 is 28.5 Å². The Morgan fingerprint density at radius 1 is 1.09 bits per heavy atom. The van der Waals surface area contributed by atoms with Gasteiger partial charge in [-0.25, -0.2) is 4.79 Å². The number of H-pyrrole nitrogens is 1. The largest absolute Gasteiger partial charge is 0.332 e. The number of aryl methyl sites for hydroxylation is 1. The molecule has 0 amide bonds. The van der Waals surface area contributed by atoms with E-state index in [2.05, 4.69) is 9.97 Å². The predicted octanol–water partition coefficient (Wildman–Crippen LogP) is 1.53. The highest BCUT2D eigenvalue weighted by Crippen LogP contribution is 2.22. The molecule has 1 N–H and O–H groups in total. The maximum atomic E-state index is 12.4. The number of benzene rings is 1. The van der Waals surface area contributed by atoms with Gasteiger partial charge in [0.25, 0.3) is 5.56 Å². The number of aromatic nitrogens is 5. The second-order valence-electron chi connectivity index (χ2n) is 5.36. The van der Waals surface area contributed by atoms with Gasteiger partial charge in [-0.3, -0.25) is 18.3 Å². The molecule has 4 aromatic rings. The molecule has 1 aromatic carbocycles. The topological polar surface area (TPSA) is 77.1 Å². The molecule has 0 unspecified atom stereocenters. The third-order valence-electron chi connectivity index (χ3n) is 3.95. The van der Waals surface area contributed by atoms with Crippen LogP contribution in [0.5, 0.6) is 0 Å². The first-order valence-electron chi connectivity index (χ1n) is 6.90. The Bertz CT molecular complexity index is 1180. The number of fused-ring (bicyclic) bond motifs is 3. The van der Waals surface area contributed by atoms with Crippen LogP contribution in [0.2, 0.25) is 5.02 Å². The van der Waals surface area contributed by atoms with E-state index in [1.54, 1.807) is 29.8 Å². The van der Waals surface area contributed by atoms with Crippen molar-refractivity contribution in [3.8, 4) is 11.3 Å². The van der Waals surface area contributed by atoms with E-state index >= 15 is 0 Å². The summed E-state index contributed by atoms with van der Waals surface area (Å²) in [6, 6.07) is 7.34. The molecule has 0 aliphatic rings. The lowest BCUT2D eigenvalue weighted by molar-refractivity contribution is 0.708. The highest BCUT2D eigenvalue weighted by atomic mass is 35.5. The molecule has 4 rings (SSSR count). The molecule has 0 fully saturated rings. The standard InChI is InChI=1S/C15H12ClN5O2/c1-19-12-11(13(22)20(2)15(19)23)21-7-10(17-14(21)18-12)8-3-5-9(16)6-4-8/h3-7H,1-2H3,(H,17,18). The lowest BCUT2D eigenvalue weighted by Crippen LogP contribution is -2.37. The summed E-state index contributed by atoms with van der Waals surface area (Å²) in [5.41, 5.74) is 1.67. The molecule has 23 heavy (non-hydrogen) atoms. The fourth-order valence-corrected chi connectivity index (χ4v) is 2.81. The Hall–Kier alpha value is -2.80. The van der Waals surface area contributed by atoms with Gasteiger partial charge in [-0.05, 0) is 17.7 Å². The summed E-state index contributed by atoms with van der Waals surface area (Å²) < 4.78 is 4.10. The van der Waals surface area contributed by atoms with Crippen LogP contribution in [0, 0.1) is 0 Å². The number of aromatic amines is 1. The van der Waals surface area contributed by atoms with Gasteiger partial charge in [0.2, 0.25) is 5.78 Å². The number of nitrogens with zero attached hydrogens (tertiary/aromatic N) is 4. The van der Waals surface area contributed by atoms with Gasteiger partial charge in [-0.1, -0.05) is 23.7 Å². The fourth-order valence-electron chi connectivity index (χ4n) is 2.69. The van der Waals surface area contributed by atoms with Gasteiger partial charge in [0.15, 0.2) is 11.2 Å². The van der Waals surface area contributed by atoms with Crippen molar-refractivity contribution in [3.63, 3.8) is 0 Å². The maximum absolute atomic E-state index is 12.4. The van der Waals surface area contributed by atoms with Crippen molar-refractivity contribution in [1.82, 2.24) is 23.5 Å². The van der Waals surface area contributed by atoms with Crippen LogP contribution in [0.4, 0.5) is 0 Å². The molecule has 7 nitrogen and oxygen atoms in total. The number of halogens is 1. The Kier molecular flexibility index (Phi) is 2.76. The highest BCUT2D eigenvalue weighted by molar-refractivity contribution is 6.30. The van der Waals surface area contributed by atoms with E-state index < -0.39 is 5.69 Å². The minimum absolute atomic E-state index is 0.354. The van der Waals surface area contributed by atoms with Crippen LogP contribution in [-0.4, -0.2) is 23.5 Å². The van der Waals surface area contributed by atoms with Gasteiger partial charge in [0.1, 0.15) is 0 Å². The molecular formula is C15H12ClN5O2. The van der Waals surface area contributed by atoms with Gasteiger partial charge < -0.3 is 4.98 Å². The van der Waals surface area contributed by atoms with Gasteiger partial charge in [-0.15, -0.1) is 0 Å². The van der Waals surface area contributed by atoms with Gasteiger partial charge in [0.05, 0.1) is 5.69 Å². The van der Waals surface area contributed by atoms with E-state index in [0.29, 0.717) is 22.0 Å². The maximum Gasteiger partial charge on any atom is 0.332 e. The molecule has 0 aliphatic heterocycles. The molecule has 116 valence electrons. The van der Waals surface area contributed by atoms with E-state index in [0.717, 1.165) is 15.8 Å². The monoisotopic (exact) mass is 329 g/mol. The average Bonchev–Trinajstić information content (AvgIpc) is 3.09. The first-order valence-corrected chi connectivity index (χ1v) is 7.28. The van der Waals surface area contributed by atoms with Gasteiger partial charge >= 0.3 is 5.69 Å². The zero-order valence-corrected chi connectivity index (χ0v) is 13.1. The molecule has 3 heterocycles. The molecule has 0 spiro atoms. The molecule has 0 atom stereocenters. The quantitative estimate of drug-likeness (QED) is 0.575. The summed E-state index contributed by atoms with van der Waals surface area (Å²) in [6.45, 7) is 0. The lowest BCUT2D eigenvalue weighted by Gasteiger charge is -2.02. The minimum Gasteiger partial charge on any atom is -0.323 e. The Morgan fingerprint density at radius 2 is 1.78 bits per heavy atom. The van der Waals surface area contributed by atoms with Crippen LogP contribution in [0.15, 0.2) is 40.1 Å². The fraction of sp³-hybridized carbons (Fsp3) is 0.133. The van der Waals surface area contributed by atoms with Crippen LogP contribution < -0.4 is 11.2 Å². The second-order valence-corrected chi connectivity index (χ2v) is 5.79. The van der Waals surface area contributed by atoms with E-state index in [4.69, 9.17) is 11.6 Å².